The molecule has 0 bridgehead atoms. The number of hydrogen-bond acceptors (Lipinski definition) is 3. The summed E-state index contributed by atoms with van der Waals surface area (Å²) in [5.41, 5.74) is 0.982. The van der Waals surface area contributed by atoms with Crippen molar-refractivity contribution in [2.24, 2.45) is 0 Å². The normalized spacial score (nSPS) is 17.6. The summed E-state index contributed by atoms with van der Waals surface area (Å²) in [6.07, 6.45) is 1.58. The third kappa shape index (κ3) is 4.67. The van der Waals surface area contributed by atoms with Crippen LogP contribution in [-0.4, -0.2) is 42.8 Å². The number of aliphatic hydroxyl groups is 1. The van der Waals surface area contributed by atoms with Gasteiger partial charge in [0.25, 0.3) is 0 Å². The van der Waals surface area contributed by atoms with Gasteiger partial charge in [0, 0.05) is 43.3 Å². The molecule has 1 aliphatic rings. The fourth-order valence-corrected chi connectivity index (χ4v) is 3.09. The molecule has 0 spiro atoms. The fraction of sp³-hybridized carbons (Fsp3) is 0.571. The minimum absolute atomic E-state index is 0. The Kier molecular flexibility index (Phi) is 7.99. The third-order valence-corrected chi connectivity index (χ3v) is 4.27. The molecule has 0 amide bonds. The minimum Gasteiger partial charge on any atom is -0.396 e. The molecule has 0 aromatic heterocycles. The van der Waals surface area contributed by atoms with Gasteiger partial charge < -0.3 is 10.4 Å². The molecule has 1 fully saturated rings. The van der Waals surface area contributed by atoms with E-state index in [4.69, 9.17) is 5.11 Å². The summed E-state index contributed by atoms with van der Waals surface area (Å²) in [5, 5.41) is 12.4. The maximum absolute atomic E-state index is 13.5. The zero-order valence-electron chi connectivity index (χ0n) is 11.3. The Balaban J connectivity index is 0.00000200. The van der Waals surface area contributed by atoms with Crippen LogP contribution in [0, 0.1) is 5.82 Å². The molecule has 0 unspecified atom stereocenters. The lowest BCUT2D eigenvalue weighted by Crippen LogP contribution is -2.45. The molecule has 1 saturated heterocycles. The van der Waals surface area contributed by atoms with Crippen LogP contribution in [0.3, 0.4) is 0 Å². The first-order valence-corrected chi connectivity index (χ1v) is 7.52. The molecule has 2 N–H and O–H groups in total. The maximum Gasteiger partial charge on any atom is 0.123 e. The zero-order valence-corrected chi connectivity index (χ0v) is 13.7. The molecule has 1 atom stereocenters. The van der Waals surface area contributed by atoms with E-state index in [1.165, 1.54) is 6.07 Å². The zero-order chi connectivity index (χ0) is 13.7. The van der Waals surface area contributed by atoms with Crippen LogP contribution in [0.2, 0.25) is 0 Å². The second-order valence-electron chi connectivity index (χ2n) is 4.83. The minimum atomic E-state index is -0.206. The highest BCUT2D eigenvalue weighted by molar-refractivity contribution is 9.10. The number of nitrogens with zero attached hydrogens (tertiary/aromatic N) is 1. The Morgan fingerprint density at radius 1 is 1.35 bits per heavy atom. The van der Waals surface area contributed by atoms with Crippen molar-refractivity contribution in [3.05, 3.63) is 34.1 Å². The molecular formula is C14H21BrClFN2O. The van der Waals surface area contributed by atoms with Crippen molar-refractivity contribution in [2.75, 3.05) is 32.8 Å². The van der Waals surface area contributed by atoms with Gasteiger partial charge in [-0.1, -0.05) is 15.9 Å². The van der Waals surface area contributed by atoms with Gasteiger partial charge in [-0.3, -0.25) is 4.90 Å². The smallest absolute Gasteiger partial charge is 0.123 e. The first-order chi connectivity index (χ1) is 9.22. The van der Waals surface area contributed by atoms with E-state index in [1.54, 1.807) is 12.1 Å². The highest BCUT2D eigenvalue weighted by Crippen LogP contribution is 2.32. The highest BCUT2D eigenvalue weighted by atomic mass is 79.9. The van der Waals surface area contributed by atoms with Crippen LogP contribution in [0.4, 0.5) is 4.39 Å². The number of aliphatic hydroxyl groups excluding tert-OH is 1. The first-order valence-electron chi connectivity index (χ1n) is 6.73. The standard InChI is InChI=1S/C14H20BrFN2O.ClH/c15-13-4-3-11(16)10-12(13)14(2-1-9-19)18-7-5-17-6-8-18;/h3-4,10,14,17,19H,1-2,5-9H2;1H/t14-;/m0./s1. The molecule has 20 heavy (non-hydrogen) atoms. The molecule has 2 rings (SSSR count). The van der Waals surface area contributed by atoms with Crippen molar-refractivity contribution >= 4 is 28.3 Å². The van der Waals surface area contributed by atoms with E-state index in [-0.39, 0.29) is 30.9 Å². The Morgan fingerprint density at radius 3 is 2.70 bits per heavy atom. The molecule has 1 heterocycles. The van der Waals surface area contributed by atoms with Crippen LogP contribution < -0.4 is 5.32 Å². The number of nitrogens with one attached hydrogen (secondary N) is 1. The second kappa shape index (κ2) is 8.95. The predicted octanol–water partition coefficient (Wildman–Crippen LogP) is 2.73. The van der Waals surface area contributed by atoms with Crippen LogP contribution in [0.25, 0.3) is 0 Å². The van der Waals surface area contributed by atoms with Crippen molar-refractivity contribution in [3.8, 4) is 0 Å². The number of rotatable bonds is 5. The number of piperazine rings is 1. The molecule has 114 valence electrons. The van der Waals surface area contributed by atoms with Gasteiger partial charge in [-0.15, -0.1) is 12.4 Å². The molecule has 6 heteroatoms. The van der Waals surface area contributed by atoms with Crippen molar-refractivity contribution in [1.29, 1.82) is 0 Å². The van der Waals surface area contributed by atoms with Gasteiger partial charge in [0.2, 0.25) is 0 Å². The van der Waals surface area contributed by atoms with E-state index in [0.29, 0.717) is 0 Å². The molecule has 1 aromatic carbocycles. The predicted molar refractivity (Wildman–Crippen MR) is 84.9 cm³/mol. The molecule has 1 aliphatic heterocycles. The van der Waals surface area contributed by atoms with Crippen molar-refractivity contribution in [1.82, 2.24) is 10.2 Å². The molecule has 1 aromatic rings. The highest BCUT2D eigenvalue weighted by Gasteiger charge is 2.23. The second-order valence-corrected chi connectivity index (χ2v) is 5.69. The third-order valence-electron chi connectivity index (χ3n) is 3.55. The largest absolute Gasteiger partial charge is 0.396 e. The summed E-state index contributed by atoms with van der Waals surface area (Å²) in [4.78, 5) is 2.37. The quantitative estimate of drug-likeness (QED) is 0.840. The summed E-state index contributed by atoms with van der Waals surface area (Å²) in [6.45, 7) is 4.01. The Bertz CT molecular complexity index is 416. The van der Waals surface area contributed by atoms with E-state index in [1.807, 2.05) is 0 Å². The van der Waals surface area contributed by atoms with Gasteiger partial charge in [-0.2, -0.15) is 0 Å². The van der Waals surface area contributed by atoms with Gasteiger partial charge in [0.05, 0.1) is 0 Å². The van der Waals surface area contributed by atoms with Crippen LogP contribution >= 0.6 is 28.3 Å². The van der Waals surface area contributed by atoms with Crippen LogP contribution in [-0.2, 0) is 0 Å². The average molecular weight is 368 g/mol. The number of benzene rings is 1. The van der Waals surface area contributed by atoms with E-state index < -0.39 is 0 Å². The summed E-state index contributed by atoms with van der Waals surface area (Å²) in [6, 6.07) is 5.00. The summed E-state index contributed by atoms with van der Waals surface area (Å²) >= 11 is 3.52. The summed E-state index contributed by atoms with van der Waals surface area (Å²) in [5.74, 6) is -0.206. The van der Waals surface area contributed by atoms with Crippen LogP contribution in [0.15, 0.2) is 22.7 Å². The van der Waals surface area contributed by atoms with Gasteiger partial charge in [0.15, 0.2) is 0 Å². The summed E-state index contributed by atoms with van der Waals surface area (Å²) in [7, 11) is 0. The Morgan fingerprint density at radius 2 is 2.05 bits per heavy atom. The Hall–Kier alpha value is -0.200. The van der Waals surface area contributed by atoms with E-state index >= 15 is 0 Å². The fourth-order valence-electron chi connectivity index (χ4n) is 2.58. The number of halogens is 3. The molecule has 3 nitrogen and oxygen atoms in total. The van der Waals surface area contributed by atoms with Crippen LogP contribution in [0.1, 0.15) is 24.4 Å². The average Bonchev–Trinajstić information content (AvgIpc) is 2.44. The van der Waals surface area contributed by atoms with Crippen molar-refractivity contribution < 1.29 is 9.50 Å². The van der Waals surface area contributed by atoms with Crippen molar-refractivity contribution in [3.63, 3.8) is 0 Å². The van der Waals surface area contributed by atoms with Gasteiger partial charge in [-0.05, 0) is 36.6 Å². The van der Waals surface area contributed by atoms with E-state index in [9.17, 15) is 4.39 Å². The monoisotopic (exact) mass is 366 g/mol. The molecule has 0 radical (unpaired) electrons. The lowest BCUT2D eigenvalue weighted by molar-refractivity contribution is 0.154. The Labute approximate surface area is 134 Å². The number of hydrogen-bond donors (Lipinski definition) is 2. The first kappa shape index (κ1) is 17.9. The van der Waals surface area contributed by atoms with Crippen molar-refractivity contribution in [2.45, 2.75) is 18.9 Å². The topological polar surface area (TPSA) is 35.5 Å². The van der Waals surface area contributed by atoms with Gasteiger partial charge >= 0.3 is 0 Å². The summed E-state index contributed by atoms with van der Waals surface area (Å²) < 4.78 is 14.4. The lowest BCUT2D eigenvalue weighted by Gasteiger charge is -2.35. The molecule has 0 saturated carbocycles. The SMILES string of the molecule is Cl.OCCC[C@@H](c1cc(F)ccc1Br)N1CCNCC1. The van der Waals surface area contributed by atoms with Gasteiger partial charge in [0.1, 0.15) is 5.82 Å². The van der Waals surface area contributed by atoms with E-state index in [2.05, 4.69) is 26.1 Å². The van der Waals surface area contributed by atoms with E-state index in [0.717, 1.165) is 49.1 Å². The maximum atomic E-state index is 13.5. The van der Waals surface area contributed by atoms with Gasteiger partial charge in [-0.25, -0.2) is 4.39 Å². The lowest BCUT2D eigenvalue weighted by atomic mass is 9.99. The molecular weight excluding hydrogens is 347 g/mol. The van der Waals surface area contributed by atoms with Crippen LogP contribution in [0.5, 0.6) is 0 Å². The molecule has 0 aliphatic carbocycles.